The van der Waals surface area contributed by atoms with Crippen LogP contribution in [0.5, 0.6) is 0 Å². The molecule has 1 heterocycles. The first kappa shape index (κ1) is 11.3. The fourth-order valence-corrected chi connectivity index (χ4v) is 1.39. The summed E-state index contributed by atoms with van der Waals surface area (Å²) < 4.78 is 0. The maximum absolute atomic E-state index is 10.4. The van der Waals surface area contributed by atoms with Crippen LogP contribution in [-0.4, -0.2) is 45.6 Å². The van der Waals surface area contributed by atoms with Crippen molar-refractivity contribution in [2.75, 3.05) is 0 Å². The Morgan fingerprint density at radius 1 is 1.36 bits per heavy atom. The van der Waals surface area contributed by atoms with Crippen molar-refractivity contribution >= 4 is 46.4 Å². The van der Waals surface area contributed by atoms with E-state index in [-0.39, 0.29) is 36.0 Å². The molecule has 1 aromatic carbocycles. The fourth-order valence-electron chi connectivity index (χ4n) is 1.39. The van der Waals surface area contributed by atoms with Gasteiger partial charge in [-0.2, -0.15) is 0 Å². The number of H-pyrrole nitrogens is 1. The second-order valence-electron chi connectivity index (χ2n) is 2.95. The topological polar surface area (TPSA) is 53.1 Å². The molecule has 2 aromatic rings. The number of rotatable bonds is 2. The van der Waals surface area contributed by atoms with Crippen LogP contribution < -0.4 is 0 Å². The van der Waals surface area contributed by atoms with Crippen molar-refractivity contribution < 1.29 is 9.90 Å². The maximum atomic E-state index is 10.4. The van der Waals surface area contributed by atoms with Crippen molar-refractivity contribution in [1.82, 2.24) is 4.98 Å². The van der Waals surface area contributed by atoms with Gasteiger partial charge in [0.2, 0.25) is 0 Å². The predicted octanol–water partition coefficient (Wildman–Crippen LogP) is 1.41. The largest absolute Gasteiger partial charge is 0.481 e. The number of hydrogen-bond acceptors (Lipinski definition) is 1. The van der Waals surface area contributed by atoms with E-state index in [4.69, 9.17) is 5.11 Å². The summed E-state index contributed by atoms with van der Waals surface area (Å²) in [5, 5.41) is 9.63. The molecule has 2 rings (SSSR count). The molecule has 0 unspecified atom stereocenters. The number of aromatic amines is 1. The van der Waals surface area contributed by atoms with Crippen LogP contribution in [-0.2, 0) is 11.2 Å². The van der Waals surface area contributed by atoms with Gasteiger partial charge in [-0.3, -0.25) is 4.79 Å². The smallest absolute Gasteiger partial charge is 0.309 e. The minimum absolute atomic E-state index is 0. The van der Waals surface area contributed by atoms with Crippen molar-refractivity contribution in [2.45, 2.75) is 6.42 Å². The Kier molecular flexibility index (Phi) is 3.75. The van der Waals surface area contributed by atoms with E-state index in [9.17, 15) is 4.79 Å². The molecule has 0 saturated heterocycles. The molecule has 2 N–H and O–H groups in total. The number of hydrogen-bond donors (Lipinski definition) is 2. The van der Waals surface area contributed by atoms with E-state index >= 15 is 0 Å². The van der Waals surface area contributed by atoms with Gasteiger partial charge in [0.1, 0.15) is 0 Å². The van der Waals surface area contributed by atoms with Crippen LogP contribution in [0.3, 0.4) is 0 Å². The molecule has 3 nitrogen and oxygen atoms in total. The van der Waals surface area contributed by atoms with E-state index in [2.05, 4.69) is 4.98 Å². The maximum Gasteiger partial charge on any atom is 0.309 e. The molecule has 1 aromatic heterocycles. The Labute approximate surface area is 103 Å². The predicted molar refractivity (Wildman–Crippen MR) is 55.4 cm³/mol. The molecule has 14 heavy (non-hydrogen) atoms. The molecule has 0 fully saturated rings. The van der Waals surface area contributed by atoms with Gasteiger partial charge in [0, 0.05) is 40.8 Å². The average Bonchev–Trinajstić information content (AvgIpc) is 2.44. The summed E-state index contributed by atoms with van der Waals surface area (Å²) in [5.74, 6) is -0.813. The van der Waals surface area contributed by atoms with Crippen LogP contribution in [0.4, 0.5) is 0 Å². The molecule has 0 atom stereocenters. The number of para-hydroxylation sites is 1. The number of carboxylic acids is 1. The van der Waals surface area contributed by atoms with Gasteiger partial charge < -0.3 is 10.1 Å². The van der Waals surface area contributed by atoms with Crippen LogP contribution in [0.1, 0.15) is 5.69 Å². The van der Waals surface area contributed by atoms with E-state index in [1.165, 1.54) is 0 Å². The SMILES string of the molecule is O=C(O)Cc1cc2ccccc2[nH]1.[Na]. The van der Waals surface area contributed by atoms with Crippen molar-refractivity contribution in [3.63, 3.8) is 0 Å². The summed E-state index contributed by atoms with van der Waals surface area (Å²) in [6.07, 6.45) is 0.0503. The molecule has 0 aliphatic carbocycles. The van der Waals surface area contributed by atoms with E-state index in [0.29, 0.717) is 0 Å². The standard InChI is InChI=1S/C10H9NO2.Na/c12-10(13)6-8-5-7-3-1-2-4-9(7)11-8;/h1-5,11H,6H2,(H,12,13);. The van der Waals surface area contributed by atoms with Crippen LogP contribution in [0.25, 0.3) is 10.9 Å². The molecule has 4 heteroatoms. The third kappa shape index (κ3) is 2.38. The minimum Gasteiger partial charge on any atom is -0.481 e. The normalized spacial score (nSPS) is 9.71. The zero-order valence-corrected chi connectivity index (χ0v) is 9.95. The van der Waals surface area contributed by atoms with Crippen molar-refractivity contribution in [1.29, 1.82) is 0 Å². The molecule has 0 bridgehead atoms. The number of nitrogens with one attached hydrogen (secondary N) is 1. The zero-order valence-electron chi connectivity index (χ0n) is 7.95. The molecule has 0 amide bonds. The third-order valence-corrected chi connectivity index (χ3v) is 1.93. The first-order valence-corrected chi connectivity index (χ1v) is 4.04. The Hall–Kier alpha value is -0.770. The van der Waals surface area contributed by atoms with Crippen LogP contribution in [0.2, 0.25) is 0 Å². The number of fused-ring (bicyclic) bond motifs is 1. The van der Waals surface area contributed by atoms with E-state index in [0.717, 1.165) is 16.6 Å². The summed E-state index contributed by atoms with van der Waals surface area (Å²) in [4.78, 5) is 13.5. The van der Waals surface area contributed by atoms with Gasteiger partial charge in [-0.05, 0) is 17.5 Å². The molecule has 0 aliphatic heterocycles. The van der Waals surface area contributed by atoms with Gasteiger partial charge in [0.05, 0.1) is 6.42 Å². The van der Waals surface area contributed by atoms with Gasteiger partial charge in [-0.15, -0.1) is 0 Å². The second kappa shape index (κ2) is 4.64. The Morgan fingerprint density at radius 3 is 2.71 bits per heavy atom. The van der Waals surface area contributed by atoms with Gasteiger partial charge in [0.25, 0.3) is 0 Å². The molecular formula is C10H9NNaO2. The number of aliphatic carboxylic acids is 1. The minimum atomic E-state index is -0.813. The summed E-state index contributed by atoms with van der Waals surface area (Å²) in [6, 6.07) is 9.60. The average molecular weight is 198 g/mol. The number of carbonyl (C=O) groups is 1. The summed E-state index contributed by atoms with van der Waals surface area (Å²) >= 11 is 0. The van der Waals surface area contributed by atoms with Crippen molar-refractivity contribution in [3.05, 3.63) is 36.0 Å². The van der Waals surface area contributed by atoms with Crippen LogP contribution in [0.15, 0.2) is 30.3 Å². The number of carboxylic acid groups (broad SMARTS) is 1. The monoisotopic (exact) mass is 198 g/mol. The van der Waals surface area contributed by atoms with E-state index in [1.807, 2.05) is 30.3 Å². The number of aromatic nitrogens is 1. The zero-order chi connectivity index (χ0) is 9.26. The molecule has 1 radical (unpaired) electrons. The van der Waals surface area contributed by atoms with Crippen molar-refractivity contribution in [3.8, 4) is 0 Å². The van der Waals surface area contributed by atoms with Crippen LogP contribution >= 0.6 is 0 Å². The van der Waals surface area contributed by atoms with E-state index < -0.39 is 5.97 Å². The van der Waals surface area contributed by atoms with Gasteiger partial charge in [0.15, 0.2) is 0 Å². The Morgan fingerprint density at radius 2 is 2.07 bits per heavy atom. The summed E-state index contributed by atoms with van der Waals surface area (Å²) in [6.45, 7) is 0. The number of benzene rings is 1. The molecular weight excluding hydrogens is 189 g/mol. The second-order valence-corrected chi connectivity index (χ2v) is 2.95. The van der Waals surface area contributed by atoms with Crippen LogP contribution in [0, 0.1) is 0 Å². The summed E-state index contributed by atoms with van der Waals surface area (Å²) in [7, 11) is 0. The van der Waals surface area contributed by atoms with Gasteiger partial charge in [-0.25, -0.2) is 0 Å². The Bertz CT molecular complexity index is 417. The quantitative estimate of drug-likeness (QED) is 0.717. The first-order valence-electron chi connectivity index (χ1n) is 4.04. The first-order chi connectivity index (χ1) is 6.25. The summed E-state index contributed by atoms with van der Waals surface area (Å²) in [5.41, 5.74) is 1.73. The molecule has 0 spiro atoms. The van der Waals surface area contributed by atoms with Crippen molar-refractivity contribution in [2.24, 2.45) is 0 Å². The molecule has 0 saturated carbocycles. The van der Waals surface area contributed by atoms with E-state index in [1.54, 1.807) is 0 Å². The Balaban J connectivity index is 0.000000980. The molecule has 67 valence electrons. The van der Waals surface area contributed by atoms with Gasteiger partial charge in [-0.1, -0.05) is 18.2 Å². The van der Waals surface area contributed by atoms with Gasteiger partial charge >= 0.3 is 5.97 Å². The fraction of sp³-hybridized carbons (Fsp3) is 0.100. The third-order valence-electron chi connectivity index (χ3n) is 1.93. The molecule has 0 aliphatic rings.